The van der Waals surface area contributed by atoms with Gasteiger partial charge in [0.05, 0.1) is 5.92 Å². The maximum Gasteiger partial charge on any atom is 0.319 e. The third kappa shape index (κ3) is 2.93. The molecule has 0 amide bonds. The van der Waals surface area contributed by atoms with Gasteiger partial charge in [-0.15, -0.1) is 0 Å². The molecule has 3 aromatic rings. The van der Waals surface area contributed by atoms with E-state index in [1.807, 2.05) is 72.8 Å². The molecule has 0 unspecified atom stereocenters. The van der Waals surface area contributed by atoms with Crippen molar-refractivity contribution in [3.05, 3.63) is 95.6 Å². The fourth-order valence-corrected chi connectivity index (χ4v) is 3.78. The van der Waals surface area contributed by atoms with Crippen molar-refractivity contribution in [2.45, 2.75) is 11.8 Å². The number of benzene rings is 3. The summed E-state index contributed by atoms with van der Waals surface area (Å²) in [5, 5.41) is 0. The van der Waals surface area contributed by atoms with E-state index in [0.29, 0.717) is 17.2 Å². The van der Waals surface area contributed by atoms with Crippen molar-refractivity contribution in [1.82, 2.24) is 0 Å². The Balaban J connectivity index is 1.63. The van der Waals surface area contributed by atoms with Gasteiger partial charge in [-0.3, -0.25) is 4.79 Å². The third-order valence-electron chi connectivity index (χ3n) is 5.14. The first kappa shape index (κ1) is 16.6. The van der Waals surface area contributed by atoms with Crippen molar-refractivity contribution in [2.75, 3.05) is 6.79 Å². The molecule has 0 bridgehead atoms. The van der Waals surface area contributed by atoms with Crippen molar-refractivity contribution in [3.8, 4) is 17.2 Å². The van der Waals surface area contributed by atoms with Crippen LogP contribution in [0.4, 0.5) is 0 Å². The van der Waals surface area contributed by atoms with Crippen LogP contribution >= 0.6 is 0 Å². The summed E-state index contributed by atoms with van der Waals surface area (Å²) in [4.78, 5) is 13.0. The number of hydrogen-bond donors (Lipinski definition) is 0. The topological polar surface area (TPSA) is 44.8 Å². The number of ether oxygens (including phenoxy) is 3. The van der Waals surface area contributed by atoms with Crippen LogP contribution in [0.3, 0.4) is 0 Å². The number of rotatable bonds is 3. The van der Waals surface area contributed by atoms with Gasteiger partial charge in [-0.2, -0.15) is 0 Å². The molecule has 4 nitrogen and oxygen atoms in total. The highest BCUT2D eigenvalue weighted by Crippen LogP contribution is 2.48. The lowest BCUT2D eigenvalue weighted by Crippen LogP contribution is -2.29. The molecule has 3 aromatic carbocycles. The smallest absolute Gasteiger partial charge is 0.319 e. The Morgan fingerprint density at radius 1 is 0.821 bits per heavy atom. The van der Waals surface area contributed by atoms with E-state index in [-0.39, 0.29) is 18.7 Å². The standard InChI is InChI=1S/C24H18O4/c25-24-23(17-9-5-2-6-10-17)18(12-11-16-7-3-1-4-8-16)19-13-21-22(27-15-26-21)14-20(19)28-24/h1-14,18,23H,15H2/b12-11+/t18-,23-/m1/s1. The van der Waals surface area contributed by atoms with Crippen molar-refractivity contribution >= 4 is 12.0 Å². The number of carbonyl (C=O) groups is 1. The lowest BCUT2D eigenvalue weighted by molar-refractivity contribution is -0.137. The van der Waals surface area contributed by atoms with E-state index in [2.05, 4.69) is 6.08 Å². The minimum Gasteiger partial charge on any atom is -0.454 e. The largest absolute Gasteiger partial charge is 0.454 e. The molecule has 2 aliphatic heterocycles. The molecule has 4 heteroatoms. The molecule has 2 heterocycles. The maximum atomic E-state index is 13.0. The van der Waals surface area contributed by atoms with Gasteiger partial charge in [-0.25, -0.2) is 0 Å². The summed E-state index contributed by atoms with van der Waals surface area (Å²) >= 11 is 0. The molecule has 0 aromatic heterocycles. The average molecular weight is 370 g/mol. The van der Waals surface area contributed by atoms with E-state index in [1.165, 1.54) is 0 Å². The summed E-state index contributed by atoms with van der Waals surface area (Å²) < 4.78 is 16.7. The van der Waals surface area contributed by atoms with Crippen LogP contribution in [-0.2, 0) is 4.79 Å². The summed E-state index contributed by atoms with van der Waals surface area (Å²) in [6.45, 7) is 0.179. The highest BCUT2D eigenvalue weighted by Gasteiger charge is 2.39. The van der Waals surface area contributed by atoms with Crippen LogP contribution in [-0.4, -0.2) is 12.8 Å². The summed E-state index contributed by atoms with van der Waals surface area (Å²) in [5.41, 5.74) is 2.93. The van der Waals surface area contributed by atoms with Crippen molar-refractivity contribution in [1.29, 1.82) is 0 Å². The van der Waals surface area contributed by atoms with Gasteiger partial charge in [-0.1, -0.05) is 72.8 Å². The molecule has 2 aliphatic rings. The molecule has 0 saturated carbocycles. The second-order valence-electron chi connectivity index (χ2n) is 6.85. The Kier molecular flexibility index (Phi) is 4.09. The zero-order valence-electron chi connectivity index (χ0n) is 15.1. The van der Waals surface area contributed by atoms with E-state index < -0.39 is 5.92 Å². The van der Waals surface area contributed by atoms with E-state index in [9.17, 15) is 4.79 Å². The average Bonchev–Trinajstić information content (AvgIpc) is 3.19. The normalized spacial score (nSPS) is 20.1. The molecular formula is C24H18O4. The van der Waals surface area contributed by atoms with Crippen molar-refractivity contribution in [2.24, 2.45) is 0 Å². The molecule has 138 valence electrons. The molecule has 0 radical (unpaired) electrons. The minimum absolute atomic E-state index is 0.173. The van der Waals surface area contributed by atoms with E-state index >= 15 is 0 Å². The molecule has 0 spiro atoms. The molecule has 0 N–H and O–H groups in total. The highest BCUT2D eigenvalue weighted by atomic mass is 16.7. The Morgan fingerprint density at radius 3 is 2.25 bits per heavy atom. The first-order chi connectivity index (χ1) is 13.8. The Morgan fingerprint density at radius 2 is 1.50 bits per heavy atom. The second kappa shape index (κ2) is 6.89. The number of carbonyl (C=O) groups excluding carboxylic acids is 1. The SMILES string of the molecule is O=C1Oc2cc3c(cc2[C@@H](/C=C/c2ccccc2)[C@H]1c1ccccc1)OCO3. The maximum absolute atomic E-state index is 13.0. The zero-order valence-corrected chi connectivity index (χ0v) is 15.1. The molecule has 0 aliphatic carbocycles. The zero-order chi connectivity index (χ0) is 18.9. The first-order valence-corrected chi connectivity index (χ1v) is 9.23. The molecule has 0 fully saturated rings. The van der Waals surface area contributed by atoms with E-state index in [1.54, 1.807) is 6.07 Å². The van der Waals surface area contributed by atoms with Gasteiger partial charge in [0.2, 0.25) is 6.79 Å². The number of esters is 1. The summed E-state index contributed by atoms with van der Waals surface area (Å²) in [7, 11) is 0. The van der Waals surface area contributed by atoms with Crippen molar-refractivity contribution in [3.63, 3.8) is 0 Å². The Hall–Kier alpha value is -3.53. The van der Waals surface area contributed by atoms with Crippen LogP contribution in [0.15, 0.2) is 78.9 Å². The van der Waals surface area contributed by atoms with Crippen LogP contribution in [0.1, 0.15) is 28.5 Å². The predicted molar refractivity (Wildman–Crippen MR) is 106 cm³/mol. The quantitative estimate of drug-likeness (QED) is 0.485. The number of hydrogen-bond acceptors (Lipinski definition) is 4. The third-order valence-corrected chi connectivity index (χ3v) is 5.14. The van der Waals surface area contributed by atoms with E-state index in [0.717, 1.165) is 16.7 Å². The Bertz CT molecular complexity index is 1040. The number of allylic oxidation sites excluding steroid dienone is 1. The van der Waals surface area contributed by atoms with Gasteiger partial charge in [0.25, 0.3) is 0 Å². The van der Waals surface area contributed by atoms with Gasteiger partial charge < -0.3 is 14.2 Å². The van der Waals surface area contributed by atoms with Crippen LogP contribution in [0.25, 0.3) is 6.08 Å². The van der Waals surface area contributed by atoms with Crippen LogP contribution in [0.5, 0.6) is 17.2 Å². The monoisotopic (exact) mass is 370 g/mol. The summed E-state index contributed by atoms with van der Waals surface area (Å²) in [6.07, 6.45) is 4.13. The van der Waals surface area contributed by atoms with Gasteiger partial charge in [-0.05, 0) is 17.2 Å². The molecular weight excluding hydrogens is 352 g/mol. The predicted octanol–water partition coefficient (Wildman–Crippen LogP) is 4.92. The summed E-state index contributed by atoms with van der Waals surface area (Å²) in [5.74, 6) is 0.962. The fraction of sp³-hybridized carbons (Fsp3) is 0.125. The van der Waals surface area contributed by atoms with E-state index in [4.69, 9.17) is 14.2 Å². The lowest BCUT2D eigenvalue weighted by atomic mass is 9.79. The van der Waals surface area contributed by atoms with Gasteiger partial charge in [0, 0.05) is 17.5 Å². The second-order valence-corrected chi connectivity index (χ2v) is 6.85. The number of fused-ring (bicyclic) bond motifs is 2. The molecule has 0 saturated heterocycles. The first-order valence-electron chi connectivity index (χ1n) is 9.23. The summed E-state index contributed by atoms with van der Waals surface area (Å²) in [6, 6.07) is 23.5. The lowest BCUT2D eigenvalue weighted by Gasteiger charge is -2.30. The molecule has 2 atom stereocenters. The molecule has 5 rings (SSSR count). The minimum atomic E-state index is -0.422. The molecule has 28 heavy (non-hydrogen) atoms. The van der Waals surface area contributed by atoms with Crippen LogP contribution in [0.2, 0.25) is 0 Å². The van der Waals surface area contributed by atoms with Gasteiger partial charge >= 0.3 is 5.97 Å². The van der Waals surface area contributed by atoms with Crippen molar-refractivity contribution < 1.29 is 19.0 Å². The van der Waals surface area contributed by atoms with Gasteiger partial charge in [0.15, 0.2) is 11.5 Å². The van der Waals surface area contributed by atoms with Crippen LogP contribution < -0.4 is 14.2 Å². The van der Waals surface area contributed by atoms with Gasteiger partial charge in [0.1, 0.15) is 5.75 Å². The highest BCUT2D eigenvalue weighted by molar-refractivity contribution is 5.86. The van der Waals surface area contributed by atoms with Crippen LogP contribution in [0, 0.1) is 0 Å². The fourth-order valence-electron chi connectivity index (χ4n) is 3.78. The Labute approximate surface area is 163 Å².